The number of thioether (sulfide) groups is 1. The number of ether oxygens (including phenoxy) is 1. The average molecular weight is 382 g/mol. The molecule has 0 fully saturated rings. The topological polar surface area (TPSA) is 69.0 Å². The van der Waals surface area contributed by atoms with Gasteiger partial charge in [-0.25, -0.2) is 0 Å². The summed E-state index contributed by atoms with van der Waals surface area (Å²) in [6.07, 6.45) is 1.71. The van der Waals surface area contributed by atoms with E-state index in [4.69, 9.17) is 4.74 Å². The summed E-state index contributed by atoms with van der Waals surface area (Å²) in [6.45, 7) is 3.44. The fourth-order valence-electron chi connectivity index (χ4n) is 2.57. The summed E-state index contributed by atoms with van der Waals surface area (Å²) in [5, 5.41) is 12.1. The Morgan fingerprint density at radius 1 is 1.22 bits per heavy atom. The predicted molar refractivity (Wildman–Crippen MR) is 107 cm³/mol. The van der Waals surface area contributed by atoms with Gasteiger partial charge in [0.15, 0.2) is 5.16 Å². The first-order chi connectivity index (χ1) is 13.2. The van der Waals surface area contributed by atoms with Crippen LogP contribution in [0.4, 0.5) is 5.69 Å². The molecule has 0 saturated heterocycles. The monoisotopic (exact) mass is 382 g/mol. The molecule has 0 aliphatic heterocycles. The van der Waals surface area contributed by atoms with E-state index in [1.54, 1.807) is 37.3 Å². The Hall–Kier alpha value is -2.64. The van der Waals surface area contributed by atoms with Gasteiger partial charge in [0.25, 0.3) is 5.91 Å². The van der Waals surface area contributed by atoms with Gasteiger partial charge in [-0.1, -0.05) is 42.1 Å². The van der Waals surface area contributed by atoms with Crippen molar-refractivity contribution in [1.82, 2.24) is 14.8 Å². The second-order valence-electron chi connectivity index (χ2n) is 6.01. The smallest absolute Gasteiger partial charge is 0.255 e. The van der Waals surface area contributed by atoms with Crippen molar-refractivity contribution in [3.63, 3.8) is 0 Å². The molecule has 0 spiro atoms. The lowest BCUT2D eigenvalue weighted by Gasteiger charge is -2.14. The third kappa shape index (κ3) is 5.18. The molecule has 0 aliphatic rings. The molecule has 0 aliphatic carbocycles. The molecule has 27 heavy (non-hydrogen) atoms. The summed E-state index contributed by atoms with van der Waals surface area (Å²) in [6, 6.07) is 17.1. The molecule has 2 aromatic carbocycles. The highest BCUT2D eigenvalue weighted by Gasteiger charge is 2.14. The van der Waals surface area contributed by atoms with Crippen molar-refractivity contribution in [3.8, 4) is 0 Å². The zero-order valence-electron chi connectivity index (χ0n) is 15.3. The fraction of sp³-hybridized carbons (Fsp3) is 0.250. The van der Waals surface area contributed by atoms with Crippen LogP contribution in [-0.2, 0) is 11.3 Å². The number of benzene rings is 2. The highest BCUT2D eigenvalue weighted by atomic mass is 32.2. The molecule has 1 amide bonds. The first-order valence-electron chi connectivity index (χ1n) is 8.67. The Labute approximate surface area is 163 Å². The second kappa shape index (κ2) is 9.34. The first kappa shape index (κ1) is 19.1. The van der Waals surface area contributed by atoms with Gasteiger partial charge in [0.2, 0.25) is 0 Å². The van der Waals surface area contributed by atoms with Crippen molar-refractivity contribution in [2.24, 2.45) is 0 Å². The molecule has 3 aromatic rings. The fourth-order valence-corrected chi connectivity index (χ4v) is 3.53. The molecule has 0 radical (unpaired) electrons. The largest absolute Gasteiger partial charge is 0.383 e. The molecule has 1 N–H and O–H groups in total. The summed E-state index contributed by atoms with van der Waals surface area (Å²) in [7, 11) is 1.68. The molecular weight excluding hydrogens is 360 g/mol. The number of nitrogens with one attached hydrogen (secondary N) is 1. The van der Waals surface area contributed by atoms with Crippen molar-refractivity contribution >= 4 is 23.4 Å². The van der Waals surface area contributed by atoms with Gasteiger partial charge in [-0.05, 0) is 36.8 Å². The third-order valence-corrected chi connectivity index (χ3v) is 5.20. The van der Waals surface area contributed by atoms with Gasteiger partial charge in [0, 0.05) is 30.2 Å². The number of methoxy groups -OCH3 is 1. The van der Waals surface area contributed by atoms with E-state index in [1.165, 1.54) is 0 Å². The Kier molecular flexibility index (Phi) is 6.62. The molecular formula is C20H22N4O2S. The van der Waals surface area contributed by atoms with Crippen LogP contribution < -0.4 is 5.32 Å². The van der Waals surface area contributed by atoms with Crippen LogP contribution >= 0.6 is 11.8 Å². The Morgan fingerprint density at radius 2 is 2.04 bits per heavy atom. The maximum absolute atomic E-state index is 12.3. The predicted octanol–water partition coefficient (Wildman–Crippen LogP) is 4.03. The van der Waals surface area contributed by atoms with E-state index in [2.05, 4.69) is 22.4 Å². The molecule has 3 rings (SSSR count). The van der Waals surface area contributed by atoms with Crippen LogP contribution in [0.2, 0.25) is 0 Å². The normalized spacial score (nSPS) is 11.9. The Bertz CT molecular complexity index is 882. The summed E-state index contributed by atoms with van der Waals surface area (Å²) in [5.74, 6) is -0.118. The Morgan fingerprint density at radius 3 is 2.81 bits per heavy atom. The van der Waals surface area contributed by atoms with Gasteiger partial charge in [-0.2, -0.15) is 0 Å². The van der Waals surface area contributed by atoms with E-state index >= 15 is 0 Å². The van der Waals surface area contributed by atoms with E-state index in [1.807, 2.05) is 47.0 Å². The third-order valence-electron chi connectivity index (χ3n) is 4.05. The molecule has 0 saturated carbocycles. The van der Waals surface area contributed by atoms with E-state index in [0.717, 1.165) is 16.4 Å². The number of carbonyl (C=O) groups excluding carboxylic acids is 1. The maximum Gasteiger partial charge on any atom is 0.255 e. The van der Waals surface area contributed by atoms with Crippen molar-refractivity contribution < 1.29 is 9.53 Å². The molecule has 1 atom stereocenters. The van der Waals surface area contributed by atoms with Gasteiger partial charge in [0.1, 0.15) is 6.33 Å². The van der Waals surface area contributed by atoms with E-state index in [9.17, 15) is 4.79 Å². The molecule has 1 heterocycles. The van der Waals surface area contributed by atoms with Crippen LogP contribution in [0.5, 0.6) is 0 Å². The van der Waals surface area contributed by atoms with E-state index < -0.39 is 0 Å². The molecule has 6 nitrogen and oxygen atoms in total. The lowest BCUT2D eigenvalue weighted by molar-refractivity contribution is 0.102. The summed E-state index contributed by atoms with van der Waals surface area (Å²) in [4.78, 5) is 12.3. The number of aromatic nitrogens is 3. The Balaban J connectivity index is 1.68. The number of rotatable bonds is 8. The number of anilines is 1. The SMILES string of the molecule is COCCn1cnnc1SC(C)c1cccc(NC(=O)c2ccccc2)c1. The first-order valence-corrected chi connectivity index (χ1v) is 9.55. The van der Waals surface area contributed by atoms with E-state index in [-0.39, 0.29) is 11.2 Å². The lowest BCUT2D eigenvalue weighted by atomic mass is 10.1. The number of hydrogen-bond donors (Lipinski definition) is 1. The molecule has 7 heteroatoms. The quantitative estimate of drug-likeness (QED) is 0.596. The number of carbonyl (C=O) groups is 1. The van der Waals surface area contributed by atoms with E-state index in [0.29, 0.717) is 18.7 Å². The number of amides is 1. The van der Waals surface area contributed by atoms with Gasteiger partial charge < -0.3 is 14.6 Å². The molecule has 0 bridgehead atoms. The van der Waals surface area contributed by atoms with Crippen molar-refractivity contribution in [2.45, 2.75) is 23.9 Å². The highest BCUT2D eigenvalue weighted by molar-refractivity contribution is 7.99. The van der Waals surface area contributed by atoms with Crippen molar-refractivity contribution in [1.29, 1.82) is 0 Å². The van der Waals surface area contributed by atoms with Crippen LogP contribution in [0.3, 0.4) is 0 Å². The summed E-state index contributed by atoms with van der Waals surface area (Å²) >= 11 is 1.63. The lowest BCUT2D eigenvalue weighted by Crippen LogP contribution is -2.11. The highest BCUT2D eigenvalue weighted by Crippen LogP contribution is 2.34. The molecule has 140 valence electrons. The van der Waals surface area contributed by atoms with Gasteiger partial charge >= 0.3 is 0 Å². The average Bonchev–Trinajstić information content (AvgIpc) is 3.14. The minimum atomic E-state index is -0.118. The standard InChI is InChI=1S/C20H22N4O2S/c1-15(27-20-23-21-14-24(20)11-12-26-2)17-9-6-10-18(13-17)22-19(25)16-7-4-3-5-8-16/h3-10,13-15H,11-12H2,1-2H3,(H,22,25). The van der Waals surface area contributed by atoms with Crippen LogP contribution in [0.25, 0.3) is 0 Å². The summed E-state index contributed by atoms with van der Waals surface area (Å²) < 4.78 is 7.10. The number of nitrogens with zero attached hydrogens (tertiary/aromatic N) is 3. The number of hydrogen-bond acceptors (Lipinski definition) is 5. The van der Waals surface area contributed by atoms with Gasteiger partial charge in [-0.3, -0.25) is 4.79 Å². The van der Waals surface area contributed by atoms with Crippen LogP contribution in [0, 0.1) is 0 Å². The molecule has 1 aromatic heterocycles. The zero-order chi connectivity index (χ0) is 19.1. The van der Waals surface area contributed by atoms with Crippen molar-refractivity contribution in [2.75, 3.05) is 19.0 Å². The molecule has 1 unspecified atom stereocenters. The summed E-state index contributed by atoms with van der Waals surface area (Å²) in [5.41, 5.74) is 2.51. The van der Waals surface area contributed by atoms with Crippen LogP contribution in [0.1, 0.15) is 28.1 Å². The zero-order valence-corrected chi connectivity index (χ0v) is 16.1. The maximum atomic E-state index is 12.3. The van der Waals surface area contributed by atoms with Crippen LogP contribution in [0.15, 0.2) is 66.1 Å². The minimum absolute atomic E-state index is 0.118. The second-order valence-corrected chi connectivity index (χ2v) is 7.31. The van der Waals surface area contributed by atoms with Gasteiger partial charge in [0.05, 0.1) is 6.61 Å². The van der Waals surface area contributed by atoms with Crippen molar-refractivity contribution in [3.05, 3.63) is 72.1 Å². The van der Waals surface area contributed by atoms with Gasteiger partial charge in [-0.15, -0.1) is 10.2 Å². The van der Waals surface area contributed by atoms with Crippen LogP contribution in [-0.4, -0.2) is 34.4 Å². The minimum Gasteiger partial charge on any atom is -0.383 e.